The summed E-state index contributed by atoms with van der Waals surface area (Å²) >= 11 is 0. The molecule has 2 aromatic heterocycles. The molecule has 3 aromatic rings. The maximum absolute atomic E-state index is 13.3. The van der Waals surface area contributed by atoms with Crippen molar-refractivity contribution in [3.63, 3.8) is 0 Å². The fourth-order valence-electron chi connectivity index (χ4n) is 1.80. The van der Waals surface area contributed by atoms with E-state index < -0.39 is 0 Å². The molecule has 90 valence electrons. The molecule has 5 heteroatoms. The lowest BCUT2D eigenvalue weighted by atomic mass is 10.2. The Morgan fingerprint density at radius 1 is 1.28 bits per heavy atom. The van der Waals surface area contributed by atoms with Gasteiger partial charge in [0.05, 0.1) is 24.3 Å². The lowest BCUT2D eigenvalue weighted by Crippen LogP contribution is -1.89. The number of nitrogens with zero attached hydrogens (tertiary/aromatic N) is 2. The van der Waals surface area contributed by atoms with Crippen LogP contribution in [0.25, 0.3) is 22.4 Å². The second kappa shape index (κ2) is 4.10. The van der Waals surface area contributed by atoms with E-state index in [-0.39, 0.29) is 11.6 Å². The SMILES string of the molecule is COc1cc(-c2nc3ccncc3[nH]2)ccc1F. The maximum atomic E-state index is 13.3. The van der Waals surface area contributed by atoms with E-state index >= 15 is 0 Å². The van der Waals surface area contributed by atoms with Crippen LogP contribution in [0.5, 0.6) is 5.75 Å². The van der Waals surface area contributed by atoms with Crippen molar-refractivity contribution in [2.75, 3.05) is 7.11 Å². The van der Waals surface area contributed by atoms with Crippen LogP contribution in [0, 0.1) is 5.82 Å². The Morgan fingerprint density at radius 2 is 2.17 bits per heavy atom. The summed E-state index contributed by atoms with van der Waals surface area (Å²) in [6, 6.07) is 6.44. The van der Waals surface area contributed by atoms with Crippen LogP contribution in [0.4, 0.5) is 4.39 Å². The number of fused-ring (bicyclic) bond motifs is 1. The van der Waals surface area contributed by atoms with E-state index in [4.69, 9.17) is 4.74 Å². The predicted molar refractivity (Wildman–Crippen MR) is 65.8 cm³/mol. The first-order valence-electron chi connectivity index (χ1n) is 5.41. The molecule has 0 saturated heterocycles. The third-order valence-corrected chi connectivity index (χ3v) is 2.71. The van der Waals surface area contributed by atoms with E-state index in [1.807, 2.05) is 6.07 Å². The fraction of sp³-hybridized carbons (Fsp3) is 0.0769. The molecule has 0 unspecified atom stereocenters. The third kappa shape index (κ3) is 1.69. The largest absolute Gasteiger partial charge is 0.494 e. The number of rotatable bonds is 2. The summed E-state index contributed by atoms with van der Waals surface area (Å²) in [5.41, 5.74) is 2.43. The summed E-state index contributed by atoms with van der Waals surface area (Å²) in [6.45, 7) is 0. The van der Waals surface area contributed by atoms with E-state index in [1.54, 1.807) is 24.5 Å². The number of pyridine rings is 1. The minimum Gasteiger partial charge on any atom is -0.494 e. The average molecular weight is 243 g/mol. The second-order valence-corrected chi connectivity index (χ2v) is 3.83. The summed E-state index contributed by atoms with van der Waals surface area (Å²) in [5.74, 6) is 0.474. The van der Waals surface area contributed by atoms with Gasteiger partial charge in [0.1, 0.15) is 5.82 Å². The lowest BCUT2D eigenvalue weighted by Gasteiger charge is -2.03. The van der Waals surface area contributed by atoms with Crippen LogP contribution >= 0.6 is 0 Å². The minimum atomic E-state index is -0.390. The van der Waals surface area contributed by atoms with Gasteiger partial charge in [-0.25, -0.2) is 9.37 Å². The molecule has 2 heterocycles. The molecule has 18 heavy (non-hydrogen) atoms. The van der Waals surface area contributed by atoms with E-state index in [9.17, 15) is 4.39 Å². The fourth-order valence-corrected chi connectivity index (χ4v) is 1.80. The predicted octanol–water partition coefficient (Wildman–Crippen LogP) is 2.77. The molecule has 0 bridgehead atoms. The first-order chi connectivity index (χ1) is 8.78. The van der Waals surface area contributed by atoms with E-state index in [0.29, 0.717) is 5.82 Å². The lowest BCUT2D eigenvalue weighted by molar-refractivity contribution is 0.387. The van der Waals surface area contributed by atoms with Gasteiger partial charge >= 0.3 is 0 Å². The summed E-state index contributed by atoms with van der Waals surface area (Å²) < 4.78 is 18.3. The van der Waals surface area contributed by atoms with Gasteiger partial charge < -0.3 is 9.72 Å². The van der Waals surface area contributed by atoms with E-state index in [2.05, 4.69) is 15.0 Å². The van der Waals surface area contributed by atoms with Crippen LogP contribution in [-0.2, 0) is 0 Å². The van der Waals surface area contributed by atoms with Crippen molar-refractivity contribution in [2.45, 2.75) is 0 Å². The number of aromatic nitrogens is 3. The monoisotopic (exact) mass is 243 g/mol. The number of aromatic amines is 1. The van der Waals surface area contributed by atoms with Crippen LogP contribution in [-0.4, -0.2) is 22.1 Å². The van der Waals surface area contributed by atoms with Gasteiger partial charge in [-0.05, 0) is 24.3 Å². The zero-order chi connectivity index (χ0) is 12.5. The number of methoxy groups -OCH3 is 1. The molecule has 3 rings (SSSR count). The number of ether oxygens (including phenoxy) is 1. The number of nitrogens with one attached hydrogen (secondary N) is 1. The van der Waals surface area contributed by atoms with Gasteiger partial charge in [-0.2, -0.15) is 0 Å². The number of imidazole rings is 1. The topological polar surface area (TPSA) is 50.8 Å². The maximum Gasteiger partial charge on any atom is 0.165 e. The van der Waals surface area contributed by atoms with Crippen molar-refractivity contribution in [3.8, 4) is 17.1 Å². The first kappa shape index (κ1) is 10.7. The van der Waals surface area contributed by atoms with Gasteiger partial charge in [0.25, 0.3) is 0 Å². The van der Waals surface area contributed by atoms with Gasteiger partial charge in [0, 0.05) is 11.8 Å². The molecule has 0 atom stereocenters. The van der Waals surface area contributed by atoms with Crippen molar-refractivity contribution in [1.82, 2.24) is 15.0 Å². The van der Waals surface area contributed by atoms with Gasteiger partial charge in [0.15, 0.2) is 11.6 Å². The van der Waals surface area contributed by atoms with Crippen LogP contribution in [0.3, 0.4) is 0 Å². The standard InChI is InChI=1S/C13H10FN3O/c1-18-12-6-8(2-3-9(12)14)13-16-10-4-5-15-7-11(10)17-13/h2-7H,1H3,(H,16,17). The number of hydrogen-bond acceptors (Lipinski definition) is 3. The van der Waals surface area contributed by atoms with Gasteiger partial charge in [-0.3, -0.25) is 4.98 Å². The molecular formula is C13H10FN3O. The molecular weight excluding hydrogens is 233 g/mol. The van der Waals surface area contributed by atoms with E-state index in [1.165, 1.54) is 13.2 Å². The summed E-state index contributed by atoms with van der Waals surface area (Å²) in [4.78, 5) is 11.6. The highest BCUT2D eigenvalue weighted by Gasteiger charge is 2.08. The molecule has 0 saturated carbocycles. The Hall–Kier alpha value is -2.43. The summed E-state index contributed by atoms with van der Waals surface area (Å²) in [5, 5.41) is 0. The quantitative estimate of drug-likeness (QED) is 0.753. The van der Waals surface area contributed by atoms with Crippen molar-refractivity contribution < 1.29 is 9.13 Å². The number of H-pyrrole nitrogens is 1. The Balaban J connectivity index is 2.13. The zero-order valence-electron chi connectivity index (χ0n) is 9.64. The first-order valence-corrected chi connectivity index (χ1v) is 5.41. The van der Waals surface area contributed by atoms with Crippen LogP contribution in [0.1, 0.15) is 0 Å². The molecule has 0 radical (unpaired) electrons. The number of benzene rings is 1. The van der Waals surface area contributed by atoms with Crippen molar-refractivity contribution in [3.05, 3.63) is 42.5 Å². The third-order valence-electron chi connectivity index (χ3n) is 2.71. The van der Waals surface area contributed by atoms with Crippen molar-refractivity contribution in [2.24, 2.45) is 0 Å². The molecule has 0 fully saturated rings. The molecule has 0 spiro atoms. The molecule has 1 N–H and O–H groups in total. The Labute approximate surface area is 102 Å². The Bertz CT molecular complexity index is 675. The van der Waals surface area contributed by atoms with Crippen LogP contribution < -0.4 is 4.74 Å². The zero-order valence-corrected chi connectivity index (χ0v) is 9.64. The number of halogens is 1. The normalized spacial score (nSPS) is 10.8. The van der Waals surface area contributed by atoms with Gasteiger partial charge in [-0.15, -0.1) is 0 Å². The van der Waals surface area contributed by atoms with Gasteiger partial charge in [0.2, 0.25) is 0 Å². The molecule has 0 aliphatic heterocycles. The average Bonchev–Trinajstić information content (AvgIpc) is 2.83. The van der Waals surface area contributed by atoms with E-state index in [0.717, 1.165) is 16.6 Å². The highest BCUT2D eigenvalue weighted by atomic mass is 19.1. The Kier molecular flexibility index (Phi) is 2.44. The molecule has 1 aromatic carbocycles. The smallest absolute Gasteiger partial charge is 0.165 e. The van der Waals surface area contributed by atoms with Crippen LogP contribution in [0.2, 0.25) is 0 Å². The molecule has 0 aliphatic carbocycles. The summed E-state index contributed by atoms with van der Waals surface area (Å²) in [7, 11) is 1.44. The Morgan fingerprint density at radius 3 is 2.94 bits per heavy atom. The van der Waals surface area contributed by atoms with Crippen LogP contribution in [0.15, 0.2) is 36.7 Å². The molecule has 4 nitrogen and oxygen atoms in total. The highest BCUT2D eigenvalue weighted by Crippen LogP contribution is 2.25. The van der Waals surface area contributed by atoms with Crippen molar-refractivity contribution >= 4 is 11.0 Å². The second-order valence-electron chi connectivity index (χ2n) is 3.83. The molecule has 0 aliphatic rings. The molecule has 0 amide bonds. The number of hydrogen-bond donors (Lipinski definition) is 1. The highest BCUT2D eigenvalue weighted by molar-refractivity contribution is 5.78. The van der Waals surface area contributed by atoms with Gasteiger partial charge in [-0.1, -0.05) is 0 Å². The minimum absolute atomic E-state index is 0.200. The summed E-state index contributed by atoms with van der Waals surface area (Å²) in [6.07, 6.45) is 3.38. The van der Waals surface area contributed by atoms with Crippen molar-refractivity contribution in [1.29, 1.82) is 0 Å².